The highest BCUT2D eigenvalue weighted by atomic mass is 32.2. The Kier molecular flexibility index (Phi) is 2.43. The van der Waals surface area contributed by atoms with Crippen molar-refractivity contribution in [3.8, 4) is 0 Å². The van der Waals surface area contributed by atoms with Crippen molar-refractivity contribution >= 4 is 22.7 Å². The van der Waals surface area contributed by atoms with Crippen LogP contribution in [0.15, 0.2) is 34.7 Å². The highest BCUT2D eigenvalue weighted by Crippen LogP contribution is 2.27. The summed E-state index contributed by atoms with van der Waals surface area (Å²) in [4.78, 5) is 0. The van der Waals surface area contributed by atoms with Crippen LogP contribution < -0.4 is 5.32 Å². The molecule has 3 heteroatoms. The summed E-state index contributed by atoms with van der Waals surface area (Å²) in [5, 5.41) is 4.68. The number of fused-ring (bicyclic) bond motifs is 1. The number of rotatable bonds is 1. The second-order valence-corrected chi connectivity index (χ2v) is 4.92. The first kappa shape index (κ1) is 9.31. The maximum Gasteiger partial charge on any atom is 0.134 e. The Labute approximate surface area is 93.0 Å². The van der Waals surface area contributed by atoms with Crippen molar-refractivity contribution in [3.63, 3.8) is 0 Å². The van der Waals surface area contributed by atoms with Crippen LogP contribution in [-0.4, -0.2) is 18.1 Å². The number of benzene rings is 1. The van der Waals surface area contributed by atoms with Crippen LogP contribution in [0, 0.1) is 0 Å². The molecule has 1 fully saturated rings. The van der Waals surface area contributed by atoms with Crippen molar-refractivity contribution in [2.45, 2.75) is 6.04 Å². The van der Waals surface area contributed by atoms with Gasteiger partial charge in [0.25, 0.3) is 0 Å². The predicted octanol–water partition coefficient (Wildman–Crippen LogP) is 2.81. The Hall–Kier alpha value is -0.930. The molecule has 0 bridgehead atoms. The second kappa shape index (κ2) is 3.91. The van der Waals surface area contributed by atoms with E-state index in [1.807, 2.05) is 30.0 Å². The first-order chi connectivity index (χ1) is 7.43. The highest BCUT2D eigenvalue weighted by Gasteiger charge is 2.18. The Balaban J connectivity index is 1.96. The molecular formula is C12H13NOS. The van der Waals surface area contributed by atoms with E-state index in [-0.39, 0.29) is 0 Å². The molecule has 2 nitrogen and oxygen atoms in total. The molecule has 1 atom stereocenters. The fourth-order valence-corrected chi connectivity index (χ4v) is 2.87. The number of hydrogen-bond acceptors (Lipinski definition) is 3. The normalized spacial score (nSPS) is 22.0. The number of hydrogen-bond donors (Lipinski definition) is 1. The number of thioether (sulfide) groups is 1. The quantitative estimate of drug-likeness (QED) is 0.798. The lowest BCUT2D eigenvalue weighted by molar-refractivity contribution is 0.459. The van der Waals surface area contributed by atoms with Gasteiger partial charge in [-0.1, -0.05) is 18.2 Å². The largest absolute Gasteiger partial charge is 0.459 e. The minimum atomic E-state index is 0.385. The van der Waals surface area contributed by atoms with Gasteiger partial charge in [-0.05, 0) is 12.1 Å². The Morgan fingerprint density at radius 1 is 1.33 bits per heavy atom. The van der Waals surface area contributed by atoms with E-state index in [1.54, 1.807) is 0 Å². The molecule has 78 valence electrons. The van der Waals surface area contributed by atoms with E-state index in [0.717, 1.165) is 23.6 Å². The van der Waals surface area contributed by atoms with E-state index in [4.69, 9.17) is 4.42 Å². The van der Waals surface area contributed by atoms with Crippen molar-refractivity contribution in [1.29, 1.82) is 0 Å². The fourth-order valence-electron chi connectivity index (χ4n) is 1.92. The van der Waals surface area contributed by atoms with Gasteiger partial charge in [0.2, 0.25) is 0 Å². The van der Waals surface area contributed by atoms with Crippen LogP contribution in [0.4, 0.5) is 0 Å². The van der Waals surface area contributed by atoms with E-state index in [0.29, 0.717) is 6.04 Å². The molecule has 0 radical (unpaired) electrons. The smallest absolute Gasteiger partial charge is 0.134 e. The summed E-state index contributed by atoms with van der Waals surface area (Å²) < 4.78 is 5.83. The summed E-state index contributed by atoms with van der Waals surface area (Å²) in [7, 11) is 0. The van der Waals surface area contributed by atoms with Crippen LogP contribution in [0.1, 0.15) is 11.8 Å². The van der Waals surface area contributed by atoms with Gasteiger partial charge in [-0.25, -0.2) is 0 Å². The van der Waals surface area contributed by atoms with Gasteiger partial charge in [0, 0.05) is 23.4 Å². The molecule has 2 aromatic rings. The molecule has 0 aliphatic carbocycles. The van der Waals surface area contributed by atoms with Crippen molar-refractivity contribution in [2.75, 3.05) is 18.1 Å². The van der Waals surface area contributed by atoms with E-state index in [2.05, 4.69) is 17.4 Å². The van der Waals surface area contributed by atoms with E-state index in [9.17, 15) is 0 Å². The molecule has 1 N–H and O–H groups in total. The molecule has 1 aromatic carbocycles. The summed E-state index contributed by atoms with van der Waals surface area (Å²) in [5.74, 6) is 3.39. The van der Waals surface area contributed by atoms with Gasteiger partial charge in [0.05, 0.1) is 6.04 Å². The Bertz CT molecular complexity index is 426. The molecule has 1 saturated heterocycles. The van der Waals surface area contributed by atoms with Crippen LogP contribution in [0.2, 0.25) is 0 Å². The van der Waals surface area contributed by atoms with E-state index in [1.165, 1.54) is 11.1 Å². The van der Waals surface area contributed by atoms with Gasteiger partial charge in [0.1, 0.15) is 11.3 Å². The standard InChI is InChI=1S/C12H13NOS/c1-2-4-11-9(3-1)7-12(14-11)10-8-15-6-5-13-10/h1-4,7,10,13H,5-6,8H2. The number of para-hydroxylation sites is 1. The second-order valence-electron chi connectivity index (χ2n) is 3.77. The molecule has 0 saturated carbocycles. The lowest BCUT2D eigenvalue weighted by atomic mass is 10.2. The minimum Gasteiger partial charge on any atom is -0.459 e. The zero-order valence-corrected chi connectivity index (χ0v) is 9.22. The van der Waals surface area contributed by atoms with Crippen molar-refractivity contribution in [3.05, 3.63) is 36.1 Å². The van der Waals surface area contributed by atoms with Gasteiger partial charge in [-0.2, -0.15) is 11.8 Å². The van der Waals surface area contributed by atoms with Crippen LogP contribution in [0.25, 0.3) is 11.0 Å². The van der Waals surface area contributed by atoms with E-state index < -0.39 is 0 Å². The molecule has 0 spiro atoms. The van der Waals surface area contributed by atoms with Gasteiger partial charge in [-0.3, -0.25) is 0 Å². The molecule has 2 heterocycles. The zero-order valence-electron chi connectivity index (χ0n) is 8.40. The molecule has 0 amide bonds. The molecule has 3 rings (SSSR count). The Morgan fingerprint density at radius 2 is 2.27 bits per heavy atom. The average molecular weight is 219 g/mol. The van der Waals surface area contributed by atoms with E-state index >= 15 is 0 Å². The molecule has 1 aromatic heterocycles. The molecule has 1 unspecified atom stereocenters. The lowest BCUT2D eigenvalue weighted by Crippen LogP contribution is -2.29. The maximum absolute atomic E-state index is 5.83. The third-order valence-electron chi connectivity index (χ3n) is 2.71. The lowest BCUT2D eigenvalue weighted by Gasteiger charge is -2.20. The van der Waals surface area contributed by atoms with Crippen molar-refractivity contribution < 1.29 is 4.42 Å². The molecule has 15 heavy (non-hydrogen) atoms. The summed E-state index contributed by atoms with van der Waals surface area (Å²) in [6, 6.07) is 10.7. The molecule has 1 aliphatic heterocycles. The van der Waals surface area contributed by atoms with Gasteiger partial charge in [-0.15, -0.1) is 0 Å². The first-order valence-electron chi connectivity index (χ1n) is 5.23. The summed E-state index contributed by atoms with van der Waals surface area (Å²) in [6.07, 6.45) is 0. The topological polar surface area (TPSA) is 25.2 Å². The van der Waals surface area contributed by atoms with Crippen LogP contribution in [-0.2, 0) is 0 Å². The zero-order chi connectivity index (χ0) is 10.1. The van der Waals surface area contributed by atoms with Gasteiger partial charge >= 0.3 is 0 Å². The third kappa shape index (κ3) is 1.77. The summed E-state index contributed by atoms with van der Waals surface area (Å²) in [5.41, 5.74) is 0.991. The first-order valence-corrected chi connectivity index (χ1v) is 6.38. The van der Waals surface area contributed by atoms with Gasteiger partial charge < -0.3 is 9.73 Å². The van der Waals surface area contributed by atoms with Crippen LogP contribution >= 0.6 is 11.8 Å². The van der Waals surface area contributed by atoms with Crippen molar-refractivity contribution in [2.24, 2.45) is 0 Å². The molecular weight excluding hydrogens is 206 g/mol. The maximum atomic E-state index is 5.83. The van der Waals surface area contributed by atoms with Crippen molar-refractivity contribution in [1.82, 2.24) is 5.32 Å². The highest BCUT2D eigenvalue weighted by molar-refractivity contribution is 7.99. The van der Waals surface area contributed by atoms with Gasteiger partial charge in [0.15, 0.2) is 0 Å². The summed E-state index contributed by atoms with van der Waals surface area (Å²) >= 11 is 1.99. The SMILES string of the molecule is c1ccc2oc(C3CSCCN3)cc2c1. The van der Waals surface area contributed by atoms with Crippen LogP contribution in [0.3, 0.4) is 0 Å². The summed E-state index contributed by atoms with van der Waals surface area (Å²) in [6.45, 7) is 1.08. The Morgan fingerprint density at radius 3 is 3.07 bits per heavy atom. The van der Waals surface area contributed by atoms with Crippen LogP contribution in [0.5, 0.6) is 0 Å². The number of furan rings is 1. The predicted molar refractivity (Wildman–Crippen MR) is 64.3 cm³/mol. The number of nitrogens with one attached hydrogen (secondary N) is 1. The molecule has 1 aliphatic rings. The fraction of sp³-hybridized carbons (Fsp3) is 0.333. The monoisotopic (exact) mass is 219 g/mol. The minimum absolute atomic E-state index is 0.385. The third-order valence-corrected chi connectivity index (χ3v) is 3.77. The average Bonchev–Trinajstić information content (AvgIpc) is 2.74.